The van der Waals surface area contributed by atoms with Gasteiger partial charge in [0.15, 0.2) is 16.3 Å². The summed E-state index contributed by atoms with van der Waals surface area (Å²) in [5.41, 5.74) is 1.64. The Kier molecular flexibility index (Phi) is 8.20. The number of ether oxygens (including phenoxy) is 3. The Morgan fingerprint density at radius 3 is 2.65 bits per heavy atom. The van der Waals surface area contributed by atoms with Gasteiger partial charge in [-0.3, -0.25) is 14.2 Å². The van der Waals surface area contributed by atoms with E-state index in [1.54, 1.807) is 56.3 Å². The van der Waals surface area contributed by atoms with E-state index in [0.29, 0.717) is 46.2 Å². The first kappa shape index (κ1) is 27.1. The fourth-order valence-corrected chi connectivity index (χ4v) is 6.02. The standard InChI is InChI=1S/C26H22ClIN2O6S/c1-5-35-25(33)21-13(2)29-26-30(22(21)16-8-6-7-9-17(16)27)24(32)20(37-26)12-15-10-18(28)23(36-14(3)31)19(11-15)34-4/h6-12,22H,5H2,1-4H3/b20-12-/t22-/m1/s1. The van der Waals surface area contributed by atoms with Gasteiger partial charge in [-0.15, -0.1) is 0 Å². The van der Waals surface area contributed by atoms with Crippen LogP contribution in [0.25, 0.3) is 6.08 Å². The Bertz CT molecular complexity index is 1620. The summed E-state index contributed by atoms with van der Waals surface area (Å²) < 4.78 is 18.5. The van der Waals surface area contributed by atoms with Crippen molar-refractivity contribution in [2.75, 3.05) is 13.7 Å². The first-order valence-corrected chi connectivity index (χ1v) is 13.4. The van der Waals surface area contributed by atoms with Crippen LogP contribution in [0.2, 0.25) is 5.02 Å². The molecule has 2 aromatic carbocycles. The zero-order valence-corrected chi connectivity index (χ0v) is 24.1. The van der Waals surface area contributed by atoms with Crippen molar-refractivity contribution in [1.82, 2.24) is 4.57 Å². The number of nitrogens with zero attached hydrogens (tertiary/aromatic N) is 2. The number of hydrogen-bond donors (Lipinski definition) is 0. The molecular formula is C26H22ClIN2O6S. The minimum atomic E-state index is -0.799. The minimum Gasteiger partial charge on any atom is -0.493 e. The van der Waals surface area contributed by atoms with Crippen molar-refractivity contribution in [2.45, 2.75) is 26.8 Å². The monoisotopic (exact) mass is 652 g/mol. The van der Waals surface area contributed by atoms with Crippen LogP contribution < -0.4 is 24.4 Å². The van der Waals surface area contributed by atoms with Crippen LogP contribution in [0.15, 0.2) is 57.5 Å². The number of methoxy groups -OCH3 is 1. The summed E-state index contributed by atoms with van der Waals surface area (Å²) >= 11 is 9.77. The molecule has 0 amide bonds. The van der Waals surface area contributed by atoms with Gasteiger partial charge in [0.25, 0.3) is 5.56 Å². The van der Waals surface area contributed by atoms with Gasteiger partial charge in [-0.05, 0) is 71.8 Å². The maximum absolute atomic E-state index is 13.8. The molecule has 1 atom stereocenters. The largest absolute Gasteiger partial charge is 0.493 e. The number of halogens is 2. The molecule has 0 saturated heterocycles. The van der Waals surface area contributed by atoms with Crippen LogP contribution in [0.5, 0.6) is 11.5 Å². The third-order valence-corrected chi connectivity index (χ3v) is 7.64. The summed E-state index contributed by atoms with van der Waals surface area (Å²) in [5.74, 6) is -0.355. The summed E-state index contributed by atoms with van der Waals surface area (Å²) in [4.78, 5) is 43.2. The van der Waals surface area contributed by atoms with Crippen LogP contribution in [-0.2, 0) is 14.3 Å². The Morgan fingerprint density at radius 2 is 2.00 bits per heavy atom. The molecule has 8 nitrogen and oxygen atoms in total. The van der Waals surface area contributed by atoms with Crippen molar-refractivity contribution in [1.29, 1.82) is 0 Å². The lowest BCUT2D eigenvalue weighted by molar-refractivity contribution is -0.139. The summed E-state index contributed by atoms with van der Waals surface area (Å²) in [5, 5.41) is 0.416. The van der Waals surface area contributed by atoms with Gasteiger partial charge in [0, 0.05) is 11.9 Å². The number of benzene rings is 2. The van der Waals surface area contributed by atoms with Crippen molar-refractivity contribution in [3.63, 3.8) is 0 Å². The average Bonchev–Trinajstić information content (AvgIpc) is 3.14. The highest BCUT2D eigenvalue weighted by Gasteiger charge is 2.34. The fraction of sp³-hybridized carbons (Fsp3) is 0.231. The number of fused-ring (bicyclic) bond motifs is 1. The van der Waals surface area contributed by atoms with Gasteiger partial charge < -0.3 is 14.2 Å². The molecule has 4 rings (SSSR count). The normalized spacial score (nSPS) is 15.2. The Morgan fingerprint density at radius 1 is 1.27 bits per heavy atom. The quantitative estimate of drug-likeness (QED) is 0.227. The second-order valence-electron chi connectivity index (χ2n) is 7.95. The number of allylic oxidation sites excluding steroid dienone is 1. The zero-order valence-electron chi connectivity index (χ0n) is 20.3. The van der Waals surface area contributed by atoms with Gasteiger partial charge in [0.05, 0.1) is 33.1 Å². The van der Waals surface area contributed by atoms with Gasteiger partial charge in [-0.1, -0.05) is 41.1 Å². The molecule has 1 aliphatic heterocycles. The summed E-state index contributed by atoms with van der Waals surface area (Å²) in [6.45, 7) is 4.93. The summed E-state index contributed by atoms with van der Waals surface area (Å²) in [6.07, 6.45) is 1.71. The molecule has 0 spiro atoms. The predicted octanol–water partition coefficient (Wildman–Crippen LogP) is 3.99. The van der Waals surface area contributed by atoms with E-state index in [9.17, 15) is 14.4 Å². The lowest BCUT2D eigenvalue weighted by Gasteiger charge is -2.25. The van der Waals surface area contributed by atoms with E-state index in [4.69, 9.17) is 25.8 Å². The molecule has 0 saturated carbocycles. The number of esters is 2. The van der Waals surface area contributed by atoms with E-state index in [1.807, 2.05) is 22.6 Å². The number of aromatic nitrogens is 1. The maximum Gasteiger partial charge on any atom is 0.338 e. The molecule has 0 bridgehead atoms. The number of thiazole rings is 1. The van der Waals surface area contributed by atoms with Gasteiger partial charge in [0.2, 0.25) is 0 Å². The molecule has 0 radical (unpaired) electrons. The van der Waals surface area contributed by atoms with Crippen LogP contribution >= 0.6 is 45.5 Å². The first-order chi connectivity index (χ1) is 17.7. The molecule has 37 heavy (non-hydrogen) atoms. The van der Waals surface area contributed by atoms with Crippen LogP contribution in [0.3, 0.4) is 0 Å². The van der Waals surface area contributed by atoms with E-state index in [2.05, 4.69) is 4.99 Å². The Balaban J connectivity index is 1.93. The van der Waals surface area contributed by atoms with Crippen molar-refractivity contribution in [2.24, 2.45) is 4.99 Å². The van der Waals surface area contributed by atoms with E-state index >= 15 is 0 Å². The summed E-state index contributed by atoms with van der Waals surface area (Å²) in [7, 11) is 1.47. The minimum absolute atomic E-state index is 0.180. The third-order valence-electron chi connectivity index (χ3n) is 5.51. The van der Waals surface area contributed by atoms with E-state index in [0.717, 1.165) is 0 Å². The fourth-order valence-electron chi connectivity index (χ4n) is 4.00. The van der Waals surface area contributed by atoms with E-state index < -0.39 is 18.0 Å². The van der Waals surface area contributed by atoms with Crippen molar-refractivity contribution in [3.8, 4) is 11.5 Å². The van der Waals surface area contributed by atoms with Crippen LogP contribution in [-0.4, -0.2) is 30.2 Å². The molecule has 2 heterocycles. The first-order valence-electron chi connectivity index (χ1n) is 11.2. The smallest absolute Gasteiger partial charge is 0.338 e. The molecule has 0 aliphatic carbocycles. The number of carbonyl (C=O) groups excluding carboxylic acids is 2. The van der Waals surface area contributed by atoms with Crippen LogP contribution in [0.4, 0.5) is 0 Å². The number of carbonyl (C=O) groups is 2. The van der Waals surface area contributed by atoms with Crippen molar-refractivity contribution >= 4 is 63.5 Å². The molecule has 11 heteroatoms. The van der Waals surface area contributed by atoms with Crippen molar-refractivity contribution in [3.05, 3.63) is 87.1 Å². The third kappa shape index (κ3) is 5.36. The molecule has 0 unspecified atom stereocenters. The molecule has 3 aromatic rings. The molecule has 192 valence electrons. The van der Waals surface area contributed by atoms with Crippen LogP contribution in [0.1, 0.15) is 37.9 Å². The number of hydrogen-bond acceptors (Lipinski definition) is 8. The maximum atomic E-state index is 13.8. The molecule has 1 aromatic heterocycles. The molecule has 0 N–H and O–H groups in total. The topological polar surface area (TPSA) is 96.2 Å². The van der Waals surface area contributed by atoms with Gasteiger partial charge in [0.1, 0.15) is 6.04 Å². The van der Waals surface area contributed by atoms with Gasteiger partial charge >= 0.3 is 11.9 Å². The van der Waals surface area contributed by atoms with Gasteiger partial charge in [-0.25, -0.2) is 9.79 Å². The highest BCUT2D eigenvalue weighted by Crippen LogP contribution is 2.35. The zero-order chi connectivity index (χ0) is 26.9. The van der Waals surface area contributed by atoms with Crippen LogP contribution in [0, 0.1) is 3.57 Å². The lowest BCUT2D eigenvalue weighted by atomic mass is 9.96. The van der Waals surface area contributed by atoms with Crippen molar-refractivity contribution < 1.29 is 23.8 Å². The summed E-state index contributed by atoms with van der Waals surface area (Å²) in [6, 6.07) is 9.73. The SMILES string of the molecule is CCOC(=O)C1=C(C)N=c2s/c(=C\c3cc(I)c(OC(C)=O)c(OC)c3)c(=O)n2[C@@H]1c1ccccc1Cl. The Labute approximate surface area is 235 Å². The van der Waals surface area contributed by atoms with E-state index in [1.165, 1.54) is 29.9 Å². The number of rotatable bonds is 6. The second-order valence-corrected chi connectivity index (χ2v) is 10.5. The molecule has 0 fully saturated rings. The van der Waals surface area contributed by atoms with E-state index in [-0.39, 0.29) is 17.7 Å². The predicted molar refractivity (Wildman–Crippen MR) is 149 cm³/mol. The second kappa shape index (κ2) is 11.2. The highest BCUT2D eigenvalue weighted by atomic mass is 127. The lowest BCUT2D eigenvalue weighted by Crippen LogP contribution is -2.40. The molecule has 1 aliphatic rings. The van der Waals surface area contributed by atoms with Gasteiger partial charge in [-0.2, -0.15) is 0 Å². The highest BCUT2D eigenvalue weighted by molar-refractivity contribution is 14.1. The molecular weight excluding hydrogens is 631 g/mol. The average molecular weight is 653 g/mol. The Hall–Kier alpha value is -2.96.